The molecule has 1 amide bonds. The highest BCUT2D eigenvalue weighted by Gasteiger charge is 2.25. The maximum absolute atomic E-state index is 12.3. The molecule has 0 radical (unpaired) electrons. The summed E-state index contributed by atoms with van der Waals surface area (Å²) >= 11 is 2.63. The van der Waals surface area contributed by atoms with Gasteiger partial charge in [-0.15, -0.1) is 11.3 Å². The summed E-state index contributed by atoms with van der Waals surface area (Å²) in [5.74, 6) is 0.480. The fourth-order valence-corrected chi connectivity index (χ4v) is 4.34. The van der Waals surface area contributed by atoms with Crippen LogP contribution in [0.25, 0.3) is 10.2 Å². The fourth-order valence-electron chi connectivity index (χ4n) is 2.48. The van der Waals surface area contributed by atoms with Crippen LogP contribution in [0.15, 0.2) is 4.79 Å². The summed E-state index contributed by atoms with van der Waals surface area (Å²) in [7, 11) is 0. The smallest absolute Gasteiger partial charge is 0.326 e. The van der Waals surface area contributed by atoms with Crippen molar-refractivity contribution >= 4 is 44.5 Å². The highest BCUT2D eigenvalue weighted by Crippen LogP contribution is 2.27. The molecule has 0 aliphatic carbocycles. The van der Waals surface area contributed by atoms with Crippen LogP contribution in [0.5, 0.6) is 0 Å². The topological polar surface area (TPSA) is 92.4 Å². The van der Waals surface area contributed by atoms with E-state index in [9.17, 15) is 14.4 Å². The molecule has 1 saturated heterocycles. The zero-order chi connectivity index (χ0) is 17.4. The lowest BCUT2D eigenvalue weighted by Gasteiger charge is -2.16. The van der Waals surface area contributed by atoms with Gasteiger partial charge in [-0.1, -0.05) is 11.8 Å². The van der Waals surface area contributed by atoms with Crippen molar-refractivity contribution in [2.24, 2.45) is 0 Å². The molecule has 0 spiro atoms. The van der Waals surface area contributed by atoms with Crippen molar-refractivity contribution in [1.29, 1.82) is 0 Å². The molecule has 0 aromatic carbocycles. The van der Waals surface area contributed by atoms with Crippen LogP contribution in [-0.2, 0) is 9.53 Å². The number of H-pyrrole nitrogens is 1. The molecule has 1 atom stereocenters. The number of thioether (sulfide) groups is 1. The number of nitrogens with zero attached hydrogens (tertiary/aromatic N) is 2. The first-order valence-corrected chi connectivity index (χ1v) is 9.28. The highest BCUT2D eigenvalue weighted by molar-refractivity contribution is 8.13. The van der Waals surface area contributed by atoms with Gasteiger partial charge >= 0.3 is 5.97 Å². The number of rotatable bonds is 4. The number of esters is 1. The summed E-state index contributed by atoms with van der Waals surface area (Å²) in [6.45, 7) is 5.94. The number of hydrogen-bond acceptors (Lipinski definition) is 7. The molecule has 9 heteroatoms. The average molecular weight is 367 g/mol. The molecule has 1 fully saturated rings. The summed E-state index contributed by atoms with van der Waals surface area (Å²) in [5.41, 5.74) is 0.691. The largest absolute Gasteiger partial charge is 0.453 e. The van der Waals surface area contributed by atoms with E-state index in [-0.39, 0.29) is 17.3 Å². The number of hydrogen-bond donors (Lipinski definition) is 1. The van der Waals surface area contributed by atoms with Crippen LogP contribution in [0.1, 0.15) is 29.3 Å². The third-order valence-electron chi connectivity index (χ3n) is 3.92. The van der Waals surface area contributed by atoms with Gasteiger partial charge in [-0.05, 0) is 26.3 Å². The van der Waals surface area contributed by atoms with Gasteiger partial charge in [0.2, 0.25) is 0 Å². The SMILES string of the molecule is Cc1sc2nc([C@@H](C)OC(=O)CN3CCSC3=O)[nH]c(=O)c2c1C. The lowest BCUT2D eigenvalue weighted by atomic mass is 10.2. The summed E-state index contributed by atoms with van der Waals surface area (Å²) < 4.78 is 5.32. The molecule has 1 aliphatic rings. The summed E-state index contributed by atoms with van der Waals surface area (Å²) in [6.07, 6.45) is -0.692. The molecule has 0 saturated carbocycles. The molecule has 7 nitrogen and oxygen atoms in total. The molecule has 2 aromatic rings. The van der Waals surface area contributed by atoms with Crippen molar-refractivity contribution in [2.75, 3.05) is 18.8 Å². The van der Waals surface area contributed by atoms with E-state index in [0.29, 0.717) is 28.3 Å². The maximum atomic E-state index is 12.3. The van der Waals surface area contributed by atoms with E-state index in [1.807, 2.05) is 13.8 Å². The molecule has 3 heterocycles. The Kier molecular flexibility index (Phi) is 4.64. The number of carbonyl (C=O) groups excluding carboxylic acids is 2. The minimum atomic E-state index is -0.692. The van der Waals surface area contributed by atoms with E-state index in [2.05, 4.69) is 9.97 Å². The van der Waals surface area contributed by atoms with Gasteiger partial charge in [-0.2, -0.15) is 0 Å². The number of ether oxygens (including phenoxy) is 1. The van der Waals surface area contributed by atoms with E-state index in [4.69, 9.17) is 4.74 Å². The second-order valence-corrected chi connectivity index (χ2v) is 7.83. The van der Waals surface area contributed by atoms with Crippen LogP contribution in [0.2, 0.25) is 0 Å². The second kappa shape index (κ2) is 6.56. The van der Waals surface area contributed by atoms with Crippen molar-refractivity contribution in [3.63, 3.8) is 0 Å². The maximum Gasteiger partial charge on any atom is 0.326 e. The molecule has 0 bridgehead atoms. The first-order chi connectivity index (χ1) is 11.4. The molecule has 2 aromatic heterocycles. The number of fused-ring (bicyclic) bond motifs is 1. The van der Waals surface area contributed by atoms with Crippen molar-refractivity contribution in [1.82, 2.24) is 14.9 Å². The second-order valence-electron chi connectivity index (χ2n) is 5.58. The number of carbonyl (C=O) groups is 2. The minimum absolute atomic E-state index is 0.0835. The van der Waals surface area contributed by atoms with Gasteiger partial charge in [0.05, 0.1) is 5.39 Å². The van der Waals surface area contributed by atoms with E-state index in [1.165, 1.54) is 28.0 Å². The van der Waals surface area contributed by atoms with Gasteiger partial charge in [0.25, 0.3) is 10.8 Å². The number of aryl methyl sites for hydroxylation is 2. The third-order valence-corrected chi connectivity index (χ3v) is 5.91. The Balaban J connectivity index is 1.76. The molecule has 24 heavy (non-hydrogen) atoms. The highest BCUT2D eigenvalue weighted by atomic mass is 32.2. The van der Waals surface area contributed by atoms with Gasteiger partial charge in [0.1, 0.15) is 11.4 Å². The Bertz CT molecular complexity index is 873. The molecule has 1 N–H and O–H groups in total. The standard InChI is InChI=1S/C15H17N3O4S2/c1-7-9(3)24-14-11(7)13(20)16-12(17-14)8(2)22-10(19)6-18-4-5-23-15(18)21/h8H,4-6H2,1-3H3,(H,16,17,20)/t8-/m1/s1. The number of aromatic amines is 1. The van der Waals surface area contributed by atoms with Crippen LogP contribution < -0.4 is 5.56 Å². The Labute approximate surface area is 146 Å². The number of nitrogens with one attached hydrogen (secondary N) is 1. The van der Waals surface area contributed by atoms with Crippen molar-refractivity contribution in [3.05, 3.63) is 26.6 Å². The monoisotopic (exact) mass is 367 g/mol. The summed E-state index contributed by atoms with van der Waals surface area (Å²) in [5, 5.41) is 0.469. The van der Waals surface area contributed by atoms with E-state index in [1.54, 1.807) is 6.92 Å². The fraction of sp³-hybridized carbons (Fsp3) is 0.467. The molecular weight excluding hydrogens is 350 g/mol. The van der Waals surface area contributed by atoms with Gasteiger partial charge in [-0.25, -0.2) is 4.98 Å². The van der Waals surface area contributed by atoms with E-state index >= 15 is 0 Å². The van der Waals surface area contributed by atoms with Gasteiger partial charge in [0.15, 0.2) is 11.9 Å². The average Bonchev–Trinajstić information content (AvgIpc) is 3.03. The lowest BCUT2D eigenvalue weighted by Crippen LogP contribution is -2.31. The molecular formula is C15H17N3O4S2. The van der Waals surface area contributed by atoms with Crippen LogP contribution >= 0.6 is 23.1 Å². The first kappa shape index (κ1) is 17.0. The number of aromatic nitrogens is 2. The Morgan fingerprint density at radius 3 is 2.83 bits per heavy atom. The van der Waals surface area contributed by atoms with Crippen LogP contribution in [0.3, 0.4) is 0 Å². The predicted molar refractivity (Wildman–Crippen MR) is 93.6 cm³/mol. The van der Waals surface area contributed by atoms with Crippen LogP contribution in [0, 0.1) is 13.8 Å². The zero-order valence-electron chi connectivity index (χ0n) is 13.5. The quantitative estimate of drug-likeness (QED) is 0.834. The Hall–Kier alpha value is -1.87. The van der Waals surface area contributed by atoms with E-state index in [0.717, 1.165) is 10.4 Å². The number of amides is 1. The van der Waals surface area contributed by atoms with Gasteiger partial charge in [-0.3, -0.25) is 14.4 Å². The Morgan fingerprint density at radius 2 is 2.17 bits per heavy atom. The van der Waals surface area contributed by atoms with Crippen molar-refractivity contribution < 1.29 is 14.3 Å². The minimum Gasteiger partial charge on any atom is -0.453 e. The summed E-state index contributed by atoms with van der Waals surface area (Å²) in [4.78, 5) is 46.0. The normalized spacial score (nSPS) is 16.0. The van der Waals surface area contributed by atoms with Gasteiger partial charge < -0.3 is 14.6 Å². The predicted octanol–water partition coefficient (Wildman–Crippen LogP) is 2.37. The van der Waals surface area contributed by atoms with E-state index < -0.39 is 12.1 Å². The number of thiophene rings is 1. The third kappa shape index (κ3) is 3.18. The van der Waals surface area contributed by atoms with Crippen LogP contribution in [-0.4, -0.2) is 44.9 Å². The molecule has 3 rings (SSSR count). The van der Waals surface area contributed by atoms with Crippen LogP contribution in [0.4, 0.5) is 4.79 Å². The Morgan fingerprint density at radius 1 is 1.42 bits per heavy atom. The molecule has 1 aliphatic heterocycles. The zero-order valence-corrected chi connectivity index (χ0v) is 15.2. The summed E-state index contributed by atoms with van der Waals surface area (Å²) in [6, 6.07) is 0. The molecule has 0 unspecified atom stereocenters. The van der Waals surface area contributed by atoms with Crippen molar-refractivity contribution in [3.8, 4) is 0 Å². The lowest BCUT2D eigenvalue weighted by molar-refractivity contribution is -0.149. The van der Waals surface area contributed by atoms with Gasteiger partial charge in [0, 0.05) is 17.2 Å². The first-order valence-electron chi connectivity index (χ1n) is 7.48. The molecule has 128 valence electrons. The van der Waals surface area contributed by atoms with Crippen molar-refractivity contribution in [2.45, 2.75) is 26.9 Å².